The third-order valence-electron chi connectivity index (χ3n) is 3.31. The molecular weight excluding hydrogens is 214 g/mol. The molecule has 1 aliphatic rings. The van der Waals surface area contributed by atoms with Gasteiger partial charge >= 0.3 is 0 Å². The van der Waals surface area contributed by atoms with Crippen LogP contribution in [0.2, 0.25) is 0 Å². The van der Waals surface area contributed by atoms with E-state index in [2.05, 4.69) is 27.9 Å². The second-order valence-corrected chi connectivity index (χ2v) is 4.56. The molecule has 88 valence electrons. The van der Waals surface area contributed by atoms with Crippen molar-refractivity contribution in [2.45, 2.75) is 19.4 Å². The highest BCUT2D eigenvalue weighted by Crippen LogP contribution is 2.27. The van der Waals surface area contributed by atoms with Gasteiger partial charge in [0.1, 0.15) is 12.1 Å². The van der Waals surface area contributed by atoms with E-state index in [1.807, 2.05) is 12.1 Å². The number of β-amino-alcohol motifs (C(OH)–C–C–N with tert-alkyl or cyclic N) is 1. The van der Waals surface area contributed by atoms with Crippen molar-refractivity contribution in [2.75, 3.05) is 18.0 Å². The van der Waals surface area contributed by atoms with Crippen LogP contribution in [0.5, 0.6) is 0 Å². The minimum atomic E-state index is -0.232. The van der Waals surface area contributed by atoms with Gasteiger partial charge in [-0.3, -0.25) is 0 Å². The average Bonchev–Trinajstić information content (AvgIpc) is 2.76. The summed E-state index contributed by atoms with van der Waals surface area (Å²) in [5, 5.41) is 10.7. The van der Waals surface area contributed by atoms with Gasteiger partial charge < -0.3 is 10.0 Å². The molecule has 0 amide bonds. The van der Waals surface area contributed by atoms with Crippen molar-refractivity contribution in [1.29, 1.82) is 0 Å². The Morgan fingerprint density at radius 3 is 3.00 bits per heavy atom. The number of hydrogen-bond acceptors (Lipinski definition) is 4. The van der Waals surface area contributed by atoms with Crippen molar-refractivity contribution >= 4 is 16.7 Å². The molecule has 0 spiro atoms. The summed E-state index contributed by atoms with van der Waals surface area (Å²) < 4.78 is 0. The molecule has 1 aromatic heterocycles. The zero-order valence-electron chi connectivity index (χ0n) is 9.80. The van der Waals surface area contributed by atoms with E-state index in [-0.39, 0.29) is 6.10 Å². The number of hydrogen-bond donors (Lipinski definition) is 1. The molecule has 2 heterocycles. The number of nitrogens with zero attached hydrogens (tertiary/aromatic N) is 3. The van der Waals surface area contributed by atoms with Crippen LogP contribution in [0.15, 0.2) is 24.5 Å². The molecule has 17 heavy (non-hydrogen) atoms. The Labute approximate surface area is 99.9 Å². The zero-order chi connectivity index (χ0) is 11.8. The average molecular weight is 229 g/mol. The monoisotopic (exact) mass is 229 g/mol. The SMILES string of the molecule is Cc1cccc2c(N3CC[C@@H](O)C3)ncnc12. The topological polar surface area (TPSA) is 49.2 Å². The van der Waals surface area contributed by atoms with Crippen LogP contribution in [-0.4, -0.2) is 34.3 Å². The fraction of sp³-hybridized carbons (Fsp3) is 0.385. The Morgan fingerprint density at radius 2 is 2.24 bits per heavy atom. The lowest BCUT2D eigenvalue weighted by molar-refractivity contribution is 0.198. The first-order chi connectivity index (χ1) is 8.25. The molecule has 1 N–H and O–H groups in total. The zero-order valence-corrected chi connectivity index (χ0v) is 9.80. The summed E-state index contributed by atoms with van der Waals surface area (Å²) in [5.74, 6) is 0.940. The lowest BCUT2D eigenvalue weighted by atomic mass is 10.1. The van der Waals surface area contributed by atoms with Gasteiger partial charge in [-0.25, -0.2) is 9.97 Å². The van der Waals surface area contributed by atoms with Gasteiger partial charge in [0.05, 0.1) is 11.6 Å². The van der Waals surface area contributed by atoms with Gasteiger partial charge in [-0.2, -0.15) is 0 Å². The largest absolute Gasteiger partial charge is 0.391 e. The Bertz CT molecular complexity index is 555. The minimum absolute atomic E-state index is 0.232. The van der Waals surface area contributed by atoms with Crippen LogP contribution < -0.4 is 4.90 Å². The third kappa shape index (κ3) is 1.74. The van der Waals surface area contributed by atoms with E-state index in [0.717, 1.165) is 35.2 Å². The number of aryl methyl sites for hydroxylation is 1. The van der Waals surface area contributed by atoms with E-state index in [9.17, 15) is 5.11 Å². The summed E-state index contributed by atoms with van der Waals surface area (Å²) in [5.41, 5.74) is 2.16. The molecule has 1 saturated heterocycles. The van der Waals surface area contributed by atoms with Crippen molar-refractivity contribution in [1.82, 2.24) is 9.97 Å². The molecule has 1 atom stereocenters. The Hall–Kier alpha value is -1.68. The molecule has 4 nitrogen and oxygen atoms in total. The molecule has 0 unspecified atom stereocenters. The van der Waals surface area contributed by atoms with E-state index >= 15 is 0 Å². The normalized spacial score (nSPS) is 20.1. The van der Waals surface area contributed by atoms with Gasteiger partial charge in [0, 0.05) is 18.5 Å². The van der Waals surface area contributed by atoms with Crippen LogP contribution >= 0.6 is 0 Å². The van der Waals surface area contributed by atoms with Gasteiger partial charge in [-0.15, -0.1) is 0 Å². The van der Waals surface area contributed by atoms with Crippen molar-refractivity contribution in [3.63, 3.8) is 0 Å². The summed E-state index contributed by atoms with van der Waals surface area (Å²) in [6.45, 7) is 3.58. The minimum Gasteiger partial charge on any atom is -0.391 e. The summed E-state index contributed by atoms with van der Waals surface area (Å²) in [4.78, 5) is 10.8. The number of rotatable bonds is 1. The fourth-order valence-corrected chi connectivity index (χ4v) is 2.41. The quantitative estimate of drug-likeness (QED) is 0.805. The predicted molar refractivity (Wildman–Crippen MR) is 67.1 cm³/mol. The van der Waals surface area contributed by atoms with Crippen molar-refractivity contribution in [3.8, 4) is 0 Å². The van der Waals surface area contributed by atoms with Crippen LogP contribution in [-0.2, 0) is 0 Å². The Kier molecular flexibility index (Phi) is 2.44. The van der Waals surface area contributed by atoms with Gasteiger partial charge in [-0.05, 0) is 25.0 Å². The van der Waals surface area contributed by atoms with Gasteiger partial charge in [-0.1, -0.05) is 12.1 Å². The number of aliphatic hydroxyl groups excluding tert-OH is 1. The maximum atomic E-state index is 9.60. The summed E-state index contributed by atoms with van der Waals surface area (Å²) in [6.07, 6.45) is 2.19. The third-order valence-corrected chi connectivity index (χ3v) is 3.31. The number of benzene rings is 1. The summed E-state index contributed by atoms with van der Waals surface area (Å²) >= 11 is 0. The Morgan fingerprint density at radius 1 is 1.35 bits per heavy atom. The van der Waals surface area contributed by atoms with Crippen LogP contribution in [0.1, 0.15) is 12.0 Å². The second-order valence-electron chi connectivity index (χ2n) is 4.56. The molecule has 1 aliphatic heterocycles. The predicted octanol–water partition coefficient (Wildman–Crippen LogP) is 1.51. The number of para-hydroxylation sites is 1. The highest BCUT2D eigenvalue weighted by atomic mass is 16.3. The standard InChI is InChI=1S/C13H15N3O/c1-9-3-2-4-11-12(9)14-8-15-13(11)16-6-5-10(17)7-16/h2-4,8,10,17H,5-7H2,1H3/t10-/m1/s1. The van der Waals surface area contributed by atoms with Gasteiger partial charge in [0.2, 0.25) is 0 Å². The number of anilines is 1. The molecule has 1 aromatic carbocycles. The van der Waals surface area contributed by atoms with Gasteiger partial charge in [0.25, 0.3) is 0 Å². The van der Waals surface area contributed by atoms with Crippen LogP contribution in [0.3, 0.4) is 0 Å². The lowest BCUT2D eigenvalue weighted by Crippen LogP contribution is -2.22. The number of aromatic nitrogens is 2. The number of aliphatic hydroxyl groups is 1. The Balaban J connectivity index is 2.13. The van der Waals surface area contributed by atoms with Gasteiger partial charge in [0.15, 0.2) is 0 Å². The van der Waals surface area contributed by atoms with E-state index in [0.29, 0.717) is 6.54 Å². The molecule has 0 saturated carbocycles. The molecule has 0 aliphatic carbocycles. The molecule has 1 fully saturated rings. The highest BCUT2D eigenvalue weighted by molar-refractivity contribution is 5.91. The molecule has 4 heteroatoms. The highest BCUT2D eigenvalue weighted by Gasteiger charge is 2.22. The van der Waals surface area contributed by atoms with Crippen LogP contribution in [0.4, 0.5) is 5.82 Å². The summed E-state index contributed by atoms with van der Waals surface area (Å²) in [6, 6.07) is 6.12. The van der Waals surface area contributed by atoms with Crippen molar-refractivity contribution in [2.24, 2.45) is 0 Å². The maximum Gasteiger partial charge on any atom is 0.139 e. The first-order valence-corrected chi connectivity index (χ1v) is 5.89. The molecular formula is C13H15N3O. The number of fused-ring (bicyclic) bond motifs is 1. The fourth-order valence-electron chi connectivity index (χ4n) is 2.41. The van der Waals surface area contributed by atoms with E-state index < -0.39 is 0 Å². The summed E-state index contributed by atoms with van der Waals surface area (Å²) in [7, 11) is 0. The van der Waals surface area contributed by atoms with E-state index in [1.165, 1.54) is 0 Å². The smallest absolute Gasteiger partial charge is 0.139 e. The van der Waals surface area contributed by atoms with Crippen LogP contribution in [0.25, 0.3) is 10.9 Å². The van der Waals surface area contributed by atoms with Crippen molar-refractivity contribution in [3.05, 3.63) is 30.1 Å². The molecule has 0 radical (unpaired) electrons. The molecule has 2 aromatic rings. The lowest BCUT2D eigenvalue weighted by Gasteiger charge is -2.18. The van der Waals surface area contributed by atoms with Crippen LogP contribution in [0, 0.1) is 6.92 Å². The van der Waals surface area contributed by atoms with E-state index in [4.69, 9.17) is 0 Å². The first-order valence-electron chi connectivity index (χ1n) is 5.89. The van der Waals surface area contributed by atoms with E-state index in [1.54, 1.807) is 6.33 Å². The second kappa shape index (κ2) is 3.96. The molecule has 0 bridgehead atoms. The first kappa shape index (κ1) is 10.5. The molecule has 3 rings (SSSR count). The maximum absolute atomic E-state index is 9.60. The van der Waals surface area contributed by atoms with Crippen molar-refractivity contribution < 1.29 is 5.11 Å².